The standard InChI is InChI=1S/C20H15ClN2O3/c1-12-2-4-15(10-17(12)20-22-6-7-25-20)23-19(24)8-13-11-26-18-9-14(21)3-5-16(13)18/h2-7,9-11H,8H2,1H3,(H,23,24). The van der Waals surface area contributed by atoms with E-state index >= 15 is 0 Å². The predicted octanol–water partition coefficient (Wildman–Crippen LogP) is 5.23. The normalized spacial score (nSPS) is 11.0. The molecule has 0 aliphatic heterocycles. The number of benzene rings is 2. The monoisotopic (exact) mass is 366 g/mol. The Hall–Kier alpha value is -3.05. The van der Waals surface area contributed by atoms with E-state index in [1.54, 1.807) is 24.6 Å². The zero-order chi connectivity index (χ0) is 18.1. The molecule has 4 aromatic rings. The van der Waals surface area contributed by atoms with Crippen LogP contribution in [0, 0.1) is 6.92 Å². The lowest BCUT2D eigenvalue weighted by Crippen LogP contribution is -2.14. The topological polar surface area (TPSA) is 68.3 Å². The fraction of sp³-hybridized carbons (Fsp3) is 0.100. The Morgan fingerprint density at radius 3 is 2.88 bits per heavy atom. The van der Waals surface area contributed by atoms with Crippen molar-refractivity contribution in [3.05, 3.63) is 71.3 Å². The van der Waals surface area contributed by atoms with Gasteiger partial charge in [-0.15, -0.1) is 0 Å². The zero-order valence-electron chi connectivity index (χ0n) is 14.0. The maximum Gasteiger partial charge on any atom is 0.228 e. The first kappa shape index (κ1) is 16.4. The van der Waals surface area contributed by atoms with E-state index in [0.717, 1.165) is 22.1 Å². The highest BCUT2D eigenvalue weighted by atomic mass is 35.5. The highest BCUT2D eigenvalue weighted by Gasteiger charge is 2.13. The molecule has 0 saturated heterocycles. The van der Waals surface area contributed by atoms with Gasteiger partial charge < -0.3 is 14.2 Å². The van der Waals surface area contributed by atoms with Gasteiger partial charge in [-0.1, -0.05) is 17.7 Å². The molecular formula is C20H15ClN2O3. The summed E-state index contributed by atoms with van der Waals surface area (Å²) in [5.74, 6) is 0.390. The van der Waals surface area contributed by atoms with Gasteiger partial charge in [-0.25, -0.2) is 4.98 Å². The Morgan fingerprint density at radius 2 is 2.08 bits per heavy atom. The van der Waals surface area contributed by atoms with Crippen molar-refractivity contribution in [2.24, 2.45) is 0 Å². The third-order valence-corrected chi connectivity index (χ3v) is 4.39. The predicted molar refractivity (Wildman–Crippen MR) is 100 cm³/mol. The van der Waals surface area contributed by atoms with Crippen LogP contribution in [0.4, 0.5) is 5.69 Å². The number of anilines is 1. The highest BCUT2D eigenvalue weighted by Crippen LogP contribution is 2.27. The number of furan rings is 1. The van der Waals surface area contributed by atoms with Crippen LogP contribution in [-0.2, 0) is 11.2 Å². The summed E-state index contributed by atoms with van der Waals surface area (Å²) in [6.07, 6.45) is 4.91. The number of fused-ring (bicyclic) bond motifs is 1. The molecule has 26 heavy (non-hydrogen) atoms. The first-order valence-electron chi connectivity index (χ1n) is 8.06. The molecule has 130 valence electrons. The van der Waals surface area contributed by atoms with Gasteiger partial charge in [0.25, 0.3) is 0 Å². The minimum Gasteiger partial charge on any atom is -0.464 e. The Labute approximate surface area is 154 Å². The van der Waals surface area contributed by atoms with Crippen molar-refractivity contribution in [1.29, 1.82) is 0 Å². The van der Waals surface area contributed by atoms with Crippen LogP contribution in [0.2, 0.25) is 5.02 Å². The number of rotatable bonds is 4. The molecular weight excluding hydrogens is 352 g/mol. The summed E-state index contributed by atoms with van der Waals surface area (Å²) in [4.78, 5) is 16.6. The summed E-state index contributed by atoms with van der Waals surface area (Å²) in [5, 5.41) is 4.39. The van der Waals surface area contributed by atoms with Crippen molar-refractivity contribution in [2.45, 2.75) is 13.3 Å². The largest absolute Gasteiger partial charge is 0.464 e. The molecule has 5 nitrogen and oxygen atoms in total. The third kappa shape index (κ3) is 3.21. The fourth-order valence-corrected chi connectivity index (χ4v) is 3.02. The molecule has 0 fully saturated rings. The van der Waals surface area contributed by atoms with Gasteiger partial charge in [-0.3, -0.25) is 4.79 Å². The van der Waals surface area contributed by atoms with E-state index in [-0.39, 0.29) is 12.3 Å². The molecule has 0 aliphatic carbocycles. The molecule has 6 heteroatoms. The van der Waals surface area contributed by atoms with E-state index in [4.69, 9.17) is 20.4 Å². The number of amides is 1. The summed E-state index contributed by atoms with van der Waals surface area (Å²) in [6.45, 7) is 1.97. The fourth-order valence-electron chi connectivity index (χ4n) is 2.86. The van der Waals surface area contributed by atoms with Crippen LogP contribution in [0.3, 0.4) is 0 Å². The Balaban J connectivity index is 1.54. The minimum absolute atomic E-state index is 0.134. The van der Waals surface area contributed by atoms with Gasteiger partial charge in [-0.05, 0) is 42.8 Å². The summed E-state index contributed by atoms with van der Waals surface area (Å²) in [6, 6.07) is 11.0. The van der Waals surface area contributed by atoms with E-state index in [0.29, 0.717) is 22.2 Å². The van der Waals surface area contributed by atoms with E-state index < -0.39 is 0 Å². The lowest BCUT2D eigenvalue weighted by atomic mass is 10.1. The van der Waals surface area contributed by atoms with Crippen LogP contribution < -0.4 is 5.32 Å². The quantitative estimate of drug-likeness (QED) is 0.537. The molecule has 2 aromatic carbocycles. The number of nitrogens with one attached hydrogen (secondary N) is 1. The van der Waals surface area contributed by atoms with Crippen molar-refractivity contribution < 1.29 is 13.6 Å². The number of halogens is 1. The summed E-state index contributed by atoms with van der Waals surface area (Å²) >= 11 is 5.96. The molecule has 0 spiro atoms. The second kappa shape index (κ2) is 6.69. The number of carbonyl (C=O) groups excluding carboxylic acids is 1. The molecule has 1 N–H and O–H groups in total. The summed E-state index contributed by atoms with van der Waals surface area (Å²) in [5.41, 5.74) is 4.03. The average Bonchev–Trinajstić information content (AvgIpc) is 3.27. The number of hydrogen-bond acceptors (Lipinski definition) is 4. The van der Waals surface area contributed by atoms with Gasteiger partial charge in [-0.2, -0.15) is 0 Å². The molecule has 0 radical (unpaired) electrons. The van der Waals surface area contributed by atoms with Gasteiger partial charge in [0.15, 0.2) is 0 Å². The first-order valence-corrected chi connectivity index (χ1v) is 8.44. The average molecular weight is 367 g/mol. The second-order valence-corrected chi connectivity index (χ2v) is 6.43. The minimum atomic E-state index is -0.134. The lowest BCUT2D eigenvalue weighted by molar-refractivity contribution is -0.115. The van der Waals surface area contributed by atoms with Crippen LogP contribution in [0.15, 0.2) is 64.0 Å². The van der Waals surface area contributed by atoms with Crippen LogP contribution in [0.25, 0.3) is 22.4 Å². The Bertz CT molecular complexity index is 1080. The van der Waals surface area contributed by atoms with Crippen LogP contribution in [-0.4, -0.2) is 10.9 Å². The van der Waals surface area contributed by atoms with Crippen LogP contribution in [0.1, 0.15) is 11.1 Å². The molecule has 0 atom stereocenters. The number of carbonyl (C=O) groups is 1. The number of hydrogen-bond donors (Lipinski definition) is 1. The number of oxazole rings is 1. The van der Waals surface area contributed by atoms with Crippen molar-refractivity contribution in [1.82, 2.24) is 4.98 Å². The maximum atomic E-state index is 12.5. The second-order valence-electron chi connectivity index (χ2n) is 5.99. The number of aryl methyl sites for hydroxylation is 1. The molecule has 0 unspecified atom stereocenters. The van der Waals surface area contributed by atoms with Gasteiger partial charge in [0.05, 0.1) is 18.9 Å². The number of aromatic nitrogens is 1. The van der Waals surface area contributed by atoms with Crippen LogP contribution >= 0.6 is 11.6 Å². The number of nitrogens with zero attached hydrogens (tertiary/aromatic N) is 1. The smallest absolute Gasteiger partial charge is 0.228 e. The lowest BCUT2D eigenvalue weighted by Gasteiger charge is -2.08. The van der Waals surface area contributed by atoms with Gasteiger partial charge in [0.2, 0.25) is 11.8 Å². The van der Waals surface area contributed by atoms with E-state index in [1.807, 2.05) is 31.2 Å². The van der Waals surface area contributed by atoms with Crippen molar-refractivity contribution >= 4 is 34.2 Å². The first-order chi connectivity index (χ1) is 12.6. The van der Waals surface area contributed by atoms with Crippen molar-refractivity contribution in [3.63, 3.8) is 0 Å². The van der Waals surface area contributed by atoms with E-state index in [2.05, 4.69) is 10.3 Å². The van der Waals surface area contributed by atoms with E-state index in [1.165, 1.54) is 6.26 Å². The molecule has 2 aromatic heterocycles. The Morgan fingerprint density at radius 1 is 1.19 bits per heavy atom. The van der Waals surface area contributed by atoms with Gasteiger partial charge in [0.1, 0.15) is 11.8 Å². The maximum absolute atomic E-state index is 12.5. The highest BCUT2D eigenvalue weighted by molar-refractivity contribution is 6.31. The van der Waals surface area contributed by atoms with E-state index in [9.17, 15) is 4.79 Å². The zero-order valence-corrected chi connectivity index (χ0v) is 14.7. The molecule has 0 saturated carbocycles. The van der Waals surface area contributed by atoms with Crippen molar-refractivity contribution in [2.75, 3.05) is 5.32 Å². The molecule has 2 heterocycles. The molecule has 4 rings (SSSR count). The molecule has 1 amide bonds. The summed E-state index contributed by atoms with van der Waals surface area (Å²) in [7, 11) is 0. The van der Waals surface area contributed by atoms with Gasteiger partial charge in [0, 0.05) is 27.2 Å². The Kier molecular flexibility index (Phi) is 4.22. The molecule has 0 aliphatic rings. The summed E-state index contributed by atoms with van der Waals surface area (Å²) < 4.78 is 10.8. The van der Waals surface area contributed by atoms with Crippen LogP contribution in [0.5, 0.6) is 0 Å². The van der Waals surface area contributed by atoms with Crippen molar-refractivity contribution in [3.8, 4) is 11.5 Å². The third-order valence-electron chi connectivity index (χ3n) is 4.15. The molecule has 0 bridgehead atoms. The van der Waals surface area contributed by atoms with Gasteiger partial charge >= 0.3 is 0 Å². The SMILES string of the molecule is Cc1ccc(NC(=O)Cc2coc3cc(Cl)ccc23)cc1-c1ncco1.